The molecule has 0 bridgehead atoms. The van der Waals surface area contributed by atoms with Crippen molar-refractivity contribution in [1.29, 1.82) is 0 Å². The Bertz CT molecular complexity index is 6180. The summed E-state index contributed by atoms with van der Waals surface area (Å²) in [7, 11) is -6.28. The van der Waals surface area contributed by atoms with Crippen LogP contribution in [0.4, 0.5) is 0 Å². The Hall–Kier alpha value is -9.45. The minimum Gasteiger partial charge on any atom is -0.510 e. The molecule has 0 unspecified atom stereocenters. The van der Waals surface area contributed by atoms with E-state index < -0.39 is 209 Å². The summed E-state index contributed by atoms with van der Waals surface area (Å²) in [4.78, 5) is 4.68. The molecule has 14 rings (SSSR count). The predicted octanol–water partition coefficient (Wildman–Crippen LogP) is 15.9. The molecule has 7 heteroatoms. The molecular formula is C78H60N4OPtSi-2. The third-order valence-electron chi connectivity index (χ3n) is 14.6. The van der Waals surface area contributed by atoms with Crippen LogP contribution in [-0.2, 0) is 26.5 Å². The molecule has 0 N–H and O–H groups in total. The van der Waals surface area contributed by atoms with Crippen molar-refractivity contribution in [2.45, 2.75) is 39.9 Å². The molecule has 0 aliphatic heterocycles. The van der Waals surface area contributed by atoms with Crippen molar-refractivity contribution < 1.29 is 70.1 Å². The van der Waals surface area contributed by atoms with E-state index in [4.69, 9.17) is 30.8 Å². The predicted molar refractivity (Wildman–Crippen MR) is 348 cm³/mol. The monoisotopic (exact) mass is 1320 g/mol. The second-order valence-corrected chi connectivity index (χ2v) is 24.1. The molecule has 0 saturated heterocycles. The minimum atomic E-state index is -6.28. The number of aryl methyl sites for hydroxylation is 1. The molecule has 0 radical (unpaired) electrons. The maximum absolute atomic E-state index is 10.9. The summed E-state index contributed by atoms with van der Waals surface area (Å²) < 4.78 is 278. The van der Waals surface area contributed by atoms with Crippen molar-refractivity contribution in [3.63, 3.8) is 0 Å². The fraction of sp³-hybridized carbons (Fsp3) is 0.0769. The summed E-state index contributed by atoms with van der Waals surface area (Å²) in [6, 6.07) is 19.5. The Morgan fingerprint density at radius 1 is 0.529 bits per heavy atom. The van der Waals surface area contributed by atoms with E-state index in [-0.39, 0.29) is 60.9 Å². The van der Waals surface area contributed by atoms with Gasteiger partial charge in [0.1, 0.15) is 5.82 Å². The average molecular weight is 1320 g/mol. The second-order valence-electron chi connectivity index (χ2n) is 20.6. The molecule has 5 nitrogen and oxygen atoms in total. The van der Waals surface area contributed by atoms with Gasteiger partial charge in [0.25, 0.3) is 6.33 Å². The van der Waals surface area contributed by atoms with E-state index in [9.17, 15) is 13.7 Å². The number of pyridine rings is 1. The van der Waals surface area contributed by atoms with Crippen LogP contribution in [0.25, 0.3) is 83.4 Å². The van der Waals surface area contributed by atoms with Gasteiger partial charge in [-0.1, -0.05) is 244 Å². The fourth-order valence-electron chi connectivity index (χ4n) is 10.8. The number of hydrogen-bond acceptors (Lipinski definition) is 2. The minimum absolute atomic E-state index is 0. The van der Waals surface area contributed by atoms with E-state index in [0.717, 1.165) is 11.8 Å². The van der Waals surface area contributed by atoms with Crippen molar-refractivity contribution in [1.82, 2.24) is 14.1 Å². The van der Waals surface area contributed by atoms with Gasteiger partial charge < -0.3 is 13.9 Å². The first kappa shape index (κ1) is 30.9. The number of nitrogens with zero attached hydrogens (tertiary/aromatic N) is 4. The topological polar surface area (TPSA) is 35.9 Å². The van der Waals surface area contributed by atoms with Crippen LogP contribution in [0.2, 0.25) is 0 Å². The SMILES string of the molecule is [2H]c1c([2H])c([2H])c([Si](c2c([2H])c([2H])c([2H])c([2H])c2[2H])(c2c([2H])c([2H])c([2H])c([2H])c2[2H])c2c([2H])c([2H])c([2H])c(-c3cccc(C(C)(C)C)c3-[n+]3[c-]n(-c4[c-]c(Oc5[c-]c6c(cc5)c5ccccc5n6-c5cc(C([2H])([2H])[2H])c(-c6c([2H])c([2H])c([2H])c([2H])c6C([2H])([2H])[2H])cn5)ccc4)c4cc(-c5ccccc5)ccc43)c2[2H])c([2H])c1[2H].[Pt]. The maximum Gasteiger partial charge on any atom is 0.268 e. The Morgan fingerprint density at radius 2 is 1.20 bits per heavy atom. The van der Waals surface area contributed by atoms with Crippen molar-refractivity contribution in [2.75, 3.05) is 0 Å². The number of benzene rings is 11. The molecule has 414 valence electrons. The quantitative estimate of drug-likeness (QED) is 0.0529. The Labute approximate surface area is 553 Å². The van der Waals surface area contributed by atoms with Gasteiger partial charge in [-0.3, -0.25) is 4.57 Å². The third kappa shape index (κ3) is 9.85. The molecule has 0 aliphatic carbocycles. The molecule has 0 saturated carbocycles. The first-order valence-corrected chi connectivity index (χ1v) is 28.4. The number of hydrogen-bond donors (Lipinski definition) is 0. The van der Waals surface area contributed by atoms with E-state index >= 15 is 0 Å². The normalized spacial score (nSPS) is 16.9. The van der Waals surface area contributed by atoms with Crippen molar-refractivity contribution in [3.8, 4) is 62.1 Å². The van der Waals surface area contributed by atoms with E-state index in [2.05, 4.69) is 23.4 Å². The number of para-hydroxylation sites is 2. The van der Waals surface area contributed by atoms with Gasteiger partial charge in [-0.05, 0) is 114 Å². The second kappa shape index (κ2) is 22.6. The zero-order valence-electron chi connectivity index (χ0n) is 74.2. The van der Waals surface area contributed by atoms with E-state index in [1.165, 1.54) is 12.1 Å². The largest absolute Gasteiger partial charge is 0.510 e. The molecule has 0 amide bonds. The summed E-state index contributed by atoms with van der Waals surface area (Å²) in [6.45, 7) is -0.522. The Kier molecular flexibility index (Phi) is 8.22. The number of fused-ring (bicyclic) bond motifs is 4. The van der Waals surface area contributed by atoms with Gasteiger partial charge in [0.2, 0.25) is 0 Å². The van der Waals surface area contributed by atoms with Crippen LogP contribution in [0.3, 0.4) is 0 Å². The molecular weight excluding hydrogens is 1230 g/mol. The molecule has 0 fully saturated rings. The number of rotatable bonds is 12. The maximum atomic E-state index is 10.9. The summed E-state index contributed by atoms with van der Waals surface area (Å²) in [5, 5.41) is -2.63. The van der Waals surface area contributed by atoms with E-state index in [1.807, 2.05) is 69.3 Å². The van der Waals surface area contributed by atoms with Gasteiger partial charge in [0.15, 0.2) is 8.07 Å². The molecule has 0 atom stereocenters. The molecule has 3 aromatic heterocycles. The van der Waals surface area contributed by atoms with Gasteiger partial charge in [0.05, 0.1) is 48.2 Å². The van der Waals surface area contributed by atoms with Crippen molar-refractivity contribution in [3.05, 3.63) is 308 Å². The molecule has 85 heavy (non-hydrogen) atoms. The molecule has 3 heterocycles. The Morgan fingerprint density at radius 3 is 1.93 bits per heavy atom. The molecule has 14 aromatic rings. The number of ether oxygens (including phenoxy) is 1. The van der Waals surface area contributed by atoms with Gasteiger partial charge in [0, 0.05) is 58.1 Å². The number of imidazole rings is 1. The van der Waals surface area contributed by atoms with Crippen molar-refractivity contribution in [2.24, 2.45) is 0 Å². The van der Waals surface area contributed by atoms with Crippen molar-refractivity contribution >= 4 is 61.7 Å². The summed E-state index contributed by atoms with van der Waals surface area (Å²) >= 11 is 0. The summed E-state index contributed by atoms with van der Waals surface area (Å²) in [5.41, 5.74) is 0.468. The van der Waals surface area contributed by atoms with E-state index in [0.29, 0.717) is 44.0 Å². The third-order valence-corrected chi connectivity index (χ3v) is 18.6. The van der Waals surface area contributed by atoms with Crippen LogP contribution in [0.5, 0.6) is 11.5 Å². The van der Waals surface area contributed by atoms with Gasteiger partial charge in [-0.2, -0.15) is 18.2 Å². The van der Waals surface area contributed by atoms with Crippen LogP contribution < -0.4 is 30.1 Å². The van der Waals surface area contributed by atoms with Gasteiger partial charge in [-0.25, -0.2) is 4.98 Å². The van der Waals surface area contributed by atoms with Crippen LogP contribution >= 0.6 is 0 Å². The molecule has 0 spiro atoms. The van der Waals surface area contributed by atoms with Crippen LogP contribution in [-0.4, -0.2) is 22.2 Å². The standard InChI is InChI=1S/C78H60N4OSi.Pt/c1-54-25-18-19-38-66(54)70-52-79-76(47-55(70)2)82-72-42-21-20-39-68(72)69-45-44-61(51-74(69)82)83-60-30-23-29-59(50-60)80-53-81(73-46-43-57(49-75(73)80)56-26-10-6-11-27-56)77-67(40-24-41-71(77)78(3,4)5)58-28-22-37-65(48-58)84(62-31-12-7-13-32-62,63-33-14-8-15-34-63)64-35-16-9-17-36-64;/h6-49,52H,1-5H3;/q-2;/i1D3,2D3,7D,8D,9D,12D,13D,14D,15D,16D,17D,18D,19D,22D,25D,28D,31D,32D,33D,34D,35D,36D,37D,38D,48D;. The van der Waals surface area contributed by atoms with Crippen LogP contribution in [0.1, 0.15) is 77.2 Å². The smallest absolute Gasteiger partial charge is 0.268 e. The van der Waals surface area contributed by atoms with Crippen LogP contribution in [0, 0.1) is 32.2 Å². The van der Waals surface area contributed by atoms with Gasteiger partial charge in [-0.15, -0.1) is 29.7 Å². The zero-order valence-corrected chi connectivity index (χ0v) is 48.5. The average Bonchev–Trinajstić information content (AvgIpc) is 0.783. The summed E-state index contributed by atoms with van der Waals surface area (Å²) in [5.74, 6) is 0.226. The fourth-order valence-corrected chi connectivity index (χ4v) is 14.3. The number of aromatic nitrogens is 4. The molecule has 11 aromatic carbocycles. The van der Waals surface area contributed by atoms with Gasteiger partial charge >= 0.3 is 0 Å². The first-order valence-electron chi connectivity index (χ1n) is 40.9. The van der Waals surface area contributed by atoms with E-state index in [1.54, 1.807) is 80.4 Å². The molecule has 0 aliphatic rings. The van der Waals surface area contributed by atoms with Crippen LogP contribution in [0.15, 0.2) is 273 Å². The zero-order chi connectivity index (χ0) is 82.0. The Balaban J connectivity index is 0.0000113. The summed E-state index contributed by atoms with van der Waals surface area (Å²) in [6.07, 6.45) is 4.59. The first-order chi connectivity index (χ1) is 53.1.